The number of benzene rings is 2. The molecule has 1 aromatic heterocycles. The summed E-state index contributed by atoms with van der Waals surface area (Å²) in [7, 11) is 4.69. The predicted molar refractivity (Wildman–Crippen MR) is 120 cm³/mol. The predicted octanol–water partition coefficient (Wildman–Crippen LogP) is 3.72. The Labute approximate surface area is 181 Å². The first-order chi connectivity index (χ1) is 15.2. The van der Waals surface area contributed by atoms with Gasteiger partial charge < -0.3 is 35.3 Å². The fourth-order valence-corrected chi connectivity index (χ4v) is 2.83. The van der Waals surface area contributed by atoms with Crippen molar-refractivity contribution in [3.63, 3.8) is 0 Å². The van der Waals surface area contributed by atoms with E-state index < -0.39 is 0 Å². The fraction of sp³-hybridized carbons (Fsp3) is 0.273. The van der Waals surface area contributed by atoms with Crippen LogP contribution in [0.5, 0.6) is 23.0 Å². The Morgan fingerprint density at radius 2 is 1.58 bits per heavy atom. The van der Waals surface area contributed by atoms with Gasteiger partial charge >= 0.3 is 0 Å². The van der Waals surface area contributed by atoms with E-state index in [1.807, 2.05) is 24.3 Å². The molecule has 0 saturated heterocycles. The zero-order valence-electron chi connectivity index (χ0n) is 17.8. The number of nitrogens with one attached hydrogen (secondary N) is 2. The van der Waals surface area contributed by atoms with E-state index >= 15 is 0 Å². The molecule has 0 amide bonds. The van der Waals surface area contributed by atoms with Crippen LogP contribution in [0.15, 0.2) is 48.7 Å². The molecule has 2 aromatic carbocycles. The number of rotatable bonds is 11. The van der Waals surface area contributed by atoms with Gasteiger partial charge in [0.1, 0.15) is 11.6 Å². The molecule has 0 radical (unpaired) electrons. The number of aromatic nitrogens is 2. The van der Waals surface area contributed by atoms with Crippen molar-refractivity contribution in [3.05, 3.63) is 48.7 Å². The lowest BCUT2D eigenvalue weighted by Gasteiger charge is -2.15. The minimum Gasteiger partial charge on any atom is -0.494 e. The van der Waals surface area contributed by atoms with E-state index in [4.69, 9.17) is 24.7 Å². The molecule has 9 heteroatoms. The molecule has 3 rings (SSSR count). The van der Waals surface area contributed by atoms with Crippen LogP contribution >= 0.6 is 0 Å². The van der Waals surface area contributed by atoms with Gasteiger partial charge in [0.15, 0.2) is 11.5 Å². The fourth-order valence-electron chi connectivity index (χ4n) is 2.83. The van der Waals surface area contributed by atoms with Crippen molar-refractivity contribution in [3.8, 4) is 23.0 Å². The van der Waals surface area contributed by atoms with Gasteiger partial charge in [-0.05, 0) is 43.3 Å². The third-order valence-corrected chi connectivity index (χ3v) is 4.32. The molecule has 0 bridgehead atoms. The molecular weight excluding hydrogens is 398 g/mol. The highest BCUT2D eigenvalue weighted by Gasteiger charge is 2.14. The van der Waals surface area contributed by atoms with E-state index in [0.717, 1.165) is 17.9 Å². The highest BCUT2D eigenvalue weighted by molar-refractivity contribution is 5.66. The molecule has 0 aliphatic rings. The van der Waals surface area contributed by atoms with Gasteiger partial charge in [-0.25, -0.2) is 4.98 Å². The van der Waals surface area contributed by atoms with Crippen LogP contribution < -0.4 is 35.3 Å². The summed E-state index contributed by atoms with van der Waals surface area (Å²) in [6.45, 7) is 1.21. The molecule has 0 atom stereocenters. The lowest BCUT2D eigenvalue weighted by atomic mass is 10.2. The maximum atomic E-state index is 5.62. The zero-order valence-corrected chi connectivity index (χ0v) is 17.8. The van der Waals surface area contributed by atoms with Crippen LogP contribution in [0.1, 0.15) is 6.42 Å². The van der Waals surface area contributed by atoms with E-state index in [1.165, 1.54) is 0 Å². The second kappa shape index (κ2) is 10.9. The van der Waals surface area contributed by atoms with Crippen LogP contribution in [0, 0.1) is 0 Å². The molecule has 0 aliphatic carbocycles. The van der Waals surface area contributed by atoms with Gasteiger partial charge in [-0.15, -0.1) is 0 Å². The quantitative estimate of drug-likeness (QED) is 0.396. The Hall–Kier alpha value is -3.72. The van der Waals surface area contributed by atoms with Crippen molar-refractivity contribution in [2.45, 2.75) is 6.42 Å². The first-order valence-electron chi connectivity index (χ1n) is 9.77. The monoisotopic (exact) mass is 425 g/mol. The maximum Gasteiger partial charge on any atom is 0.229 e. The van der Waals surface area contributed by atoms with Gasteiger partial charge in [0.2, 0.25) is 11.7 Å². The molecule has 0 spiro atoms. The molecule has 164 valence electrons. The summed E-state index contributed by atoms with van der Waals surface area (Å²) in [4.78, 5) is 8.79. The molecule has 31 heavy (non-hydrogen) atoms. The van der Waals surface area contributed by atoms with E-state index in [1.54, 1.807) is 45.7 Å². The summed E-state index contributed by atoms with van der Waals surface area (Å²) in [6, 6.07) is 13.0. The summed E-state index contributed by atoms with van der Waals surface area (Å²) >= 11 is 0. The topological polar surface area (TPSA) is 113 Å². The van der Waals surface area contributed by atoms with E-state index in [-0.39, 0.29) is 0 Å². The van der Waals surface area contributed by atoms with Gasteiger partial charge in [0.05, 0.1) is 27.9 Å². The van der Waals surface area contributed by atoms with Gasteiger partial charge in [0.25, 0.3) is 0 Å². The van der Waals surface area contributed by atoms with E-state index in [2.05, 4.69) is 20.6 Å². The zero-order chi connectivity index (χ0) is 22.1. The van der Waals surface area contributed by atoms with Gasteiger partial charge in [0, 0.05) is 29.7 Å². The number of nitrogens with two attached hydrogens (primary N) is 1. The van der Waals surface area contributed by atoms with Crippen LogP contribution in [0.3, 0.4) is 0 Å². The van der Waals surface area contributed by atoms with Crippen LogP contribution in [-0.2, 0) is 0 Å². The molecule has 4 N–H and O–H groups in total. The Morgan fingerprint density at radius 3 is 2.19 bits per heavy atom. The number of hydrogen-bond donors (Lipinski definition) is 3. The van der Waals surface area contributed by atoms with Gasteiger partial charge in [-0.1, -0.05) is 0 Å². The van der Waals surface area contributed by atoms with E-state index in [0.29, 0.717) is 47.9 Å². The highest BCUT2D eigenvalue weighted by Crippen LogP contribution is 2.40. The molecule has 0 aliphatic heterocycles. The minimum atomic E-state index is 0.418. The van der Waals surface area contributed by atoms with Crippen LogP contribution in [0.2, 0.25) is 0 Å². The Balaban J connectivity index is 1.71. The van der Waals surface area contributed by atoms with Crippen molar-refractivity contribution in [2.24, 2.45) is 5.73 Å². The molecule has 1 heterocycles. The SMILES string of the molecule is COc1cc(Nc2nccc(Nc3ccc(OCCCN)cc3)n2)cc(OC)c1OC. The van der Waals surface area contributed by atoms with Crippen molar-refractivity contribution < 1.29 is 18.9 Å². The summed E-state index contributed by atoms with van der Waals surface area (Å²) in [5.74, 6) is 3.44. The van der Waals surface area contributed by atoms with Crippen LogP contribution in [0.4, 0.5) is 23.1 Å². The second-order valence-electron chi connectivity index (χ2n) is 6.44. The number of nitrogens with zero attached hydrogens (tertiary/aromatic N) is 2. The van der Waals surface area contributed by atoms with Crippen molar-refractivity contribution >= 4 is 23.1 Å². The summed E-state index contributed by atoms with van der Waals surface area (Å²) in [5.41, 5.74) is 7.06. The number of anilines is 4. The first-order valence-corrected chi connectivity index (χ1v) is 9.77. The lowest BCUT2D eigenvalue weighted by Crippen LogP contribution is -2.06. The molecular formula is C22H27N5O4. The van der Waals surface area contributed by atoms with Gasteiger partial charge in [-0.2, -0.15) is 4.98 Å². The average molecular weight is 425 g/mol. The third-order valence-electron chi connectivity index (χ3n) is 4.32. The highest BCUT2D eigenvalue weighted by atomic mass is 16.5. The van der Waals surface area contributed by atoms with Crippen molar-refractivity contribution in [1.82, 2.24) is 9.97 Å². The minimum absolute atomic E-state index is 0.418. The molecule has 9 nitrogen and oxygen atoms in total. The Morgan fingerprint density at radius 1 is 0.871 bits per heavy atom. The summed E-state index contributed by atoms with van der Waals surface area (Å²) in [6.07, 6.45) is 2.49. The molecule has 0 unspecified atom stereocenters. The number of methoxy groups -OCH3 is 3. The standard InChI is InChI=1S/C22H27N5O4/c1-28-18-13-16(14-19(29-2)21(18)30-3)26-22-24-11-9-20(27-22)25-15-5-7-17(8-6-15)31-12-4-10-23/h5-9,11,13-14H,4,10,12,23H2,1-3H3,(H2,24,25,26,27). The van der Waals surface area contributed by atoms with Crippen LogP contribution in [0.25, 0.3) is 0 Å². The third kappa shape index (κ3) is 5.89. The average Bonchev–Trinajstić information content (AvgIpc) is 2.80. The number of ether oxygens (including phenoxy) is 4. The van der Waals surface area contributed by atoms with Crippen LogP contribution in [-0.4, -0.2) is 44.4 Å². The Bertz CT molecular complexity index is 957. The normalized spacial score (nSPS) is 10.3. The maximum absolute atomic E-state index is 5.62. The lowest BCUT2D eigenvalue weighted by molar-refractivity contribution is 0.313. The molecule has 0 saturated carbocycles. The van der Waals surface area contributed by atoms with Gasteiger partial charge in [-0.3, -0.25) is 0 Å². The summed E-state index contributed by atoms with van der Waals surface area (Å²) in [5, 5.41) is 6.41. The van der Waals surface area contributed by atoms with Crippen molar-refractivity contribution in [2.75, 3.05) is 45.1 Å². The molecule has 0 fully saturated rings. The van der Waals surface area contributed by atoms with E-state index in [9.17, 15) is 0 Å². The smallest absolute Gasteiger partial charge is 0.229 e. The largest absolute Gasteiger partial charge is 0.494 e. The first kappa shape index (κ1) is 22.0. The molecule has 3 aromatic rings. The van der Waals surface area contributed by atoms with Crippen molar-refractivity contribution in [1.29, 1.82) is 0 Å². The summed E-state index contributed by atoms with van der Waals surface area (Å²) < 4.78 is 21.7. The number of hydrogen-bond acceptors (Lipinski definition) is 9. The Kier molecular flexibility index (Phi) is 7.72. The second-order valence-corrected chi connectivity index (χ2v) is 6.44.